The minimum Gasteiger partial charge on any atom is -0.355 e. The number of guanidine groups is 1. The summed E-state index contributed by atoms with van der Waals surface area (Å²) in [5.74, 6) is 0.766. The third kappa shape index (κ3) is 3.87. The van der Waals surface area contributed by atoms with Crippen molar-refractivity contribution in [2.75, 3.05) is 27.2 Å². The van der Waals surface area contributed by atoms with Crippen molar-refractivity contribution in [1.82, 2.24) is 10.2 Å². The van der Waals surface area contributed by atoms with E-state index in [2.05, 4.69) is 21.8 Å². The molecular weight excluding hydrogens is 277 g/mol. The van der Waals surface area contributed by atoms with Crippen LogP contribution >= 0.6 is 0 Å². The van der Waals surface area contributed by atoms with E-state index in [1.54, 1.807) is 19.2 Å². The Morgan fingerprint density at radius 1 is 1.45 bits per heavy atom. The highest BCUT2D eigenvalue weighted by Crippen LogP contribution is 2.48. The molecule has 1 aliphatic rings. The second-order valence-electron chi connectivity index (χ2n) is 6.01. The molecule has 0 radical (unpaired) electrons. The van der Waals surface area contributed by atoms with Crippen molar-refractivity contribution in [3.8, 4) is 0 Å². The first-order chi connectivity index (χ1) is 10.6. The molecule has 4 heteroatoms. The van der Waals surface area contributed by atoms with Gasteiger partial charge in [0.1, 0.15) is 5.82 Å². The molecule has 0 aliphatic heterocycles. The van der Waals surface area contributed by atoms with Crippen LogP contribution in [0.5, 0.6) is 0 Å². The fourth-order valence-corrected chi connectivity index (χ4v) is 2.80. The zero-order chi connectivity index (χ0) is 16.0. The summed E-state index contributed by atoms with van der Waals surface area (Å²) in [5, 5.41) is 3.41. The van der Waals surface area contributed by atoms with Crippen LogP contribution in [0, 0.1) is 5.82 Å². The Labute approximate surface area is 132 Å². The fraction of sp³-hybridized carbons (Fsp3) is 0.500. The highest BCUT2D eigenvalue weighted by molar-refractivity contribution is 5.79. The summed E-state index contributed by atoms with van der Waals surface area (Å²) in [6.07, 6.45) is 6.04. The number of unbranched alkanes of at least 4 members (excludes halogenated alkanes) is 1. The van der Waals surface area contributed by atoms with Gasteiger partial charge in [-0.05, 0) is 37.3 Å². The standard InChI is InChI=1S/C18H26FN3/c1-4-5-8-13-22(3)17(20-2)21-14-18(11-12-18)15-9-6-7-10-16(15)19/h4,6-7,9-10H,1,5,8,11-14H2,2-3H3,(H,20,21). The Morgan fingerprint density at radius 2 is 2.18 bits per heavy atom. The van der Waals surface area contributed by atoms with E-state index in [9.17, 15) is 4.39 Å². The first-order valence-corrected chi connectivity index (χ1v) is 7.90. The molecule has 2 rings (SSSR count). The second-order valence-corrected chi connectivity index (χ2v) is 6.01. The molecule has 3 nitrogen and oxygen atoms in total. The highest BCUT2D eigenvalue weighted by atomic mass is 19.1. The number of aliphatic imine (C=N–C) groups is 1. The SMILES string of the molecule is C=CCCCN(C)C(=NC)NCC1(c2ccccc2F)CC1. The summed E-state index contributed by atoms with van der Waals surface area (Å²) < 4.78 is 14.0. The average Bonchev–Trinajstić information content (AvgIpc) is 3.29. The highest BCUT2D eigenvalue weighted by Gasteiger charge is 2.45. The van der Waals surface area contributed by atoms with Gasteiger partial charge in [-0.1, -0.05) is 24.3 Å². The summed E-state index contributed by atoms with van der Waals surface area (Å²) in [6, 6.07) is 7.11. The van der Waals surface area contributed by atoms with Crippen molar-refractivity contribution in [2.45, 2.75) is 31.1 Å². The van der Waals surface area contributed by atoms with Crippen LogP contribution in [0.3, 0.4) is 0 Å². The van der Waals surface area contributed by atoms with E-state index >= 15 is 0 Å². The van der Waals surface area contributed by atoms with Crippen LogP contribution in [0.4, 0.5) is 4.39 Å². The van der Waals surface area contributed by atoms with Gasteiger partial charge in [0.25, 0.3) is 0 Å². The molecule has 1 fully saturated rings. The number of rotatable bonds is 7. The number of nitrogens with one attached hydrogen (secondary N) is 1. The molecular formula is C18H26FN3. The first kappa shape index (κ1) is 16.5. The van der Waals surface area contributed by atoms with E-state index in [4.69, 9.17) is 0 Å². The normalized spacial score (nSPS) is 16.2. The Bertz CT molecular complexity index is 535. The van der Waals surface area contributed by atoms with Gasteiger partial charge in [-0.15, -0.1) is 6.58 Å². The van der Waals surface area contributed by atoms with Crippen molar-refractivity contribution < 1.29 is 4.39 Å². The molecule has 1 aromatic carbocycles. The van der Waals surface area contributed by atoms with Crippen molar-refractivity contribution >= 4 is 5.96 Å². The molecule has 1 N–H and O–H groups in total. The van der Waals surface area contributed by atoms with Gasteiger partial charge in [-0.3, -0.25) is 4.99 Å². The van der Waals surface area contributed by atoms with Crippen LogP contribution in [0.15, 0.2) is 41.9 Å². The van der Waals surface area contributed by atoms with Crippen molar-refractivity contribution in [3.63, 3.8) is 0 Å². The second kappa shape index (κ2) is 7.43. The van der Waals surface area contributed by atoms with E-state index in [1.807, 2.05) is 25.3 Å². The average molecular weight is 303 g/mol. The minimum atomic E-state index is -0.101. The molecule has 0 bridgehead atoms. The number of hydrogen-bond donors (Lipinski definition) is 1. The number of nitrogens with zero attached hydrogens (tertiary/aromatic N) is 2. The van der Waals surface area contributed by atoms with Crippen LogP contribution < -0.4 is 5.32 Å². The Balaban J connectivity index is 1.93. The van der Waals surface area contributed by atoms with E-state index in [-0.39, 0.29) is 11.2 Å². The van der Waals surface area contributed by atoms with E-state index in [0.29, 0.717) is 0 Å². The van der Waals surface area contributed by atoms with Gasteiger partial charge < -0.3 is 10.2 Å². The molecule has 1 saturated carbocycles. The maximum absolute atomic E-state index is 14.0. The molecule has 1 aliphatic carbocycles. The van der Waals surface area contributed by atoms with Gasteiger partial charge in [0.2, 0.25) is 0 Å². The Kier molecular flexibility index (Phi) is 5.58. The monoisotopic (exact) mass is 303 g/mol. The quantitative estimate of drug-likeness (QED) is 0.362. The summed E-state index contributed by atoms with van der Waals surface area (Å²) in [4.78, 5) is 6.44. The van der Waals surface area contributed by atoms with E-state index in [1.165, 1.54) is 0 Å². The maximum atomic E-state index is 14.0. The van der Waals surface area contributed by atoms with Crippen molar-refractivity contribution in [2.24, 2.45) is 4.99 Å². The Morgan fingerprint density at radius 3 is 2.77 bits per heavy atom. The third-order valence-corrected chi connectivity index (χ3v) is 4.36. The Hall–Kier alpha value is -1.84. The van der Waals surface area contributed by atoms with Gasteiger partial charge in [0, 0.05) is 32.6 Å². The van der Waals surface area contributed by atoms with Crippen molar-refractivity contribution in [3.05, 3.63) is 48.3 Å². The molecule has 0 heterocycles. The molecule has 0 unspecified atom stereocenters. The summed E-state index contributed by atoms with van der Waals surface area (Å²) in [5.41, 5.74) is 0.760. The third-order valence-electron chi connectivity index (χ3n) is 4.36. The lowest BCUT2D eigenvalue weighted by molar-refractivity contribution is 0.462. The summed E-state index contributed by atoms with van der Waals surface area (Å²) in [6.45, 7) is 5.40. The van der Waals surface area contributed by atoms with Crippen LogP contribution in [0.25, 0.3) is 0 Å². The van der Waals surface area contributed by atoms with Gasteiger partial charge in [-0.2, -0.15) is 0 Å². The minimum absolute atomic E-state index is 0.0662. The maximum Gasteiger partial charge on any atom is 0.193 e. The molecule has 0 spiro atoms. The molecule has 0 atom stereocenters. The predicted octanol–water partition coefficient (Wildman–Crippen LogP) is 3.33. The molecule has 0 saturated heterocycles. The van der Waals surface area contributed by atoms with Gasteiger partial charge in [0.15, 0.2) is 5.96 Å². The molecule has 0 amide bonds. The van der Waals surface area contributed by atoms with Gasteiger partial charge in [0.05, 0.1) is 0 Å². The zero-order valence-electron chi connectivity index (χ0n) is 13.6. The molecule has 22 heavy (non-hydrogen) atoms. The number of benzene rings is 1. The molecule has 1 aromatic rings. The predicted molar refractivity (Wildman–Crippen MR) is 90.7 cm³/mol. The van der Waals surface area contributed by atoms with Crippen LogP contribution in [0.1, 0.15) is 31.2 Å². The number of hydrogen-bond acceptors (Lipinski definition) is 1. The van der Waals surface area contributed by atoms with E-state index < -0.39 is 0 Å². The number of halogens is 1. The smallest absolute Gasteiger partial charge is 0.193 e. The van der Waals surface area contributed by atoms with Gasteiger partial charge in [-0.25, -0.2) is 4.39 Å². The lowest BCUT2D eigenvalue weighted by atomic mass is 9.95. The number of allylic oxidation sites excluding steroid dienone is 1. The van der Waals surface area contributed by atoms with Crippen LogP contribution in [-0.4, -0.2) is 38.0 Å². The summed E-state index contributed by atoms with van der Waals surface area (Å²) in [7, 11) is 3.82. The first-order valence-electron chi connectivity index (χ1n) is 7.90. The zero-order valence-corrected chi connectivity index (χ0v) is 13.6. The fourth-order valence-electron chi connectivity index (χ4n) is 2.80. The van der Waals surface area contributed by atoms with Crippen LogP contribution in [0.2, 0.25) is 0 Å². The lowest BCUT2D eigenvalue weighted by Crippen LogP contribution is -2.42. The van der Waals surface area contributed by atoms with Gasteiger partial charge >= 0.3 is 0 Å². The van der Waals surface area contributed by atoms with Crippen LogP contribution in [-0.2, 0) is 5.41 Å². The molecule has 120 valence electrons. The largest absolute Gasteiger partial charge is 0.355 e. The summed E-state index contributed by atoms with van der Waals surface area (Å²) >= 11 is 0. The lowest BCUT2D eigenvalue weighted by Gasteiger charge is -2.25. The topological polar surface area (TPSA) is 27.6 Å². The molecule has 0 aromatic heterocycles. The van der Waals surface area contributed by atoms with E-state index in [0.717, 1.165) is 50.3 Å². The van der Waals surface area contributed by atoms with Crippen molar-refractivity contribution in [1.29, 1.82) is 0 Å².